The number of aromatic nitrogens is 2. The Hall–Kier alpha value is -4.32. The highest BCUT2D eigenvalue weighted by atomic mass is 32.1. The normalized spacial score (nSPS) is 12.3. The number of fused-ring (bicyclic) bond motifs is 1. The monoisotopic (exact) mass is 542 g/mol. The molecule has 2 aromatic heterocycles. The van der Waals surface area contributed by atoms with Crippen molar-refractivity contribution < 1.29 is 32.3 Å². The van der Waals surface area contributed by atoms with Gasteiger partial charge in [0.1, 0.15) is 6.04 Å². The number of amides is 1. The summed E-state index contributed by atoms with van der Waals surface area (Å²) in [6, 6.07) is 16.4. The second-order valence-corrected chi connectivity index (χ2v) is 9.56. The Morgan fingerprint density at radius 2 is 1.58 bits per heavy atom. The van der Waals surface area contributed by atoms with E-state index in [0.29, 0.717) is 10.8 Å². The molecular formula is C26H21F3N4O4S. The maximum Gasteiger partial charge on any atom is 0.491 e. The van der Waals surface area contributed by atoms with Crippen molar-refractivity contribution in [1.82, 2.24) is 15.3 Å². The van der Waals surface area contributed by atoms with Crippen molar-refractivity contribution in [2.75, 3.05) is 5.32 Å². The first kappa shape index (κ1) is 26.7. The van der Waals surface area contributed by atoms with Crippen molar-refractivity contribution in [2.24, 2.45) is 5.92 Å². The lowest BCUT2D eigenvalue weighted by Gasteiger charge is -2.20. The summed E-state index contributed by atoms with van der Waals surface area (Å²) in [7, 11) is 0. The minimum atomic E-state index is -5.32. The Bertz CT molecular complexity index is 1440. The molecule has 196 valence electrons. The number of rotatable bonds is 7. The lowest BCUT2D eigenvalue weighted by atomic mass is 10.0. The number of hydrogen-bond donors (Lipinski definition) is 2. The minimum Gasteiger partial charge on any atom is -0.385 e. The quantitative estimate of drug-likeness (QED) is 0.235. The van der Waals surface area contributed by atoms with E-state index in [4.69, 9.17) is 0 Å². The number of ether oxygens (including phenoxy) is 1. The van der Waals surface area contributed by atoms with Gasteiger partial charge in [0.25, 0.3) is 5.91 Å². The number of halogens is 3. The van der Waals surface area contributed by atoms with Crippen molar-refractivity contribution >= 4 is 50.3 Å². The van der Waals surface area contributed by atoms with Gasteiger partial charge in [0.15, 0.2) is 10.8 Å². The van der Waals surface area contributed by atoms with Gasteiger partial charge in [0.05, 0.1) is 4.70 Å². The Labute approximate surface area is 218 Å². The maximum absolute atomic E-state index is 12.6. The number of anilines is 2. The van der Waals surface area contributed by atoms with Gasteiger partial charge < -0.3 is 15.4 Å². The Kier molecular flexibility index (Phi) is 7.72. The number of carbonyl (C=O) groups is 3. The van der Waals surface area contributed by atoms with Crippen LogP contribution in [0.4, 0.5) is 24.0 Å². The maximum atomic E-state index is 12.6. The van der Waals surface area contributed by atoms with Gasteiger partial charge in [-0.25, -0.2) is 14.6 Å². The third-order valence-electron chi connectivity index (χ3n) is 5.41. The van der Waals surface area contributed by atoms with Crippen molar-refractivity contribution in [3.63, 3.8) is 0 Å². The number of thiazole rings is 1. The van der Waals surface area contributed by atoms with Crippen molar-refractivity contribution in [3.05, 3.63) is 72.4 Å². The zero-order chi connectivity index (χ0) is 27.4. The first-order chi connectivity index (χ1) is 18.0. The summed E-state index contributed by atoms with van der Waals surface area (Å²) in [6.45, 7) is 3.00. The molecule has 0 saturated heterocycles. The third kappa shape index (κ3) is 6.32. The van der Waals surface area contributed by atoms with E-state index in [2.05, 4.69) is 25.3 Å². The van der Waals surface area contributed by atoms with E-state index in [1.54, 1.807) is 18.3 Å². The summed E-state index contributed by atoms with van der Waals surface area (Å²) in [5, 5.41) is 6.30. The molecule has 0 radical (unpaired) electrons. The number of benzene rings is 2. The predicted octanol–water partition coefficient (Wildman–Crippen LogP) is 5.49. The summed E-state index contributed by atoms with van der Waals surface area (Å²) in [6.07, 6.45) is -3.63. The molecule has 0 fully saturated rings. The van der Waals surface area contributed by atoms with Crippen LogP contribution in [-0.4, -0.2) is 40.0 Å². The number of alkyl halides is 3. The van der Waals surface area contributed by atoms with Crippen LogP contribution in [0.1, 0.15) is 24.2 Å². The molecule has 0 unspecified atom stereocenters. The number of esters is 2. The Morgan fingerprint density at radius 1 is 0.947 bits per heavy atom. The van der Waals surface area contributed by atoms with Gasteiger partial charge in [0.2, 0.25) is 0 Å². The second kappa shape index (κ2) is 11.0. The fraction of sp³-hybridized carbons (Fsp3) is 0.192. The minimum absolute atomic E-state index is 0.178. The summed E-state index contributed by atoms with van der Waals surface area (Å²) in [5.41, 5.74) is 3.37. The van der Waals surface area contributed by atoms with Gasteiger partial charge in [-0.15, -0.1) is 0 Å². The molecule has 2 N–H and O–H groups in total. The number of hydrogen-bond acceptors (Lipinski definition) is 8. The smallest absolute Gasteiger partial charge is 0.385 e. The first-order valence-corrected chi connectivity index (χ1v) is 12.2. The van der Waals surface area contributed by atoms with Crippen LogP contribution in [0.15, 0.2) is 66.9 Å². The topological polar surface area (TPSA) is 110 Å². The summed E-state index contributed by atoms with van der Waals surface area (Å²) in [5.74, 6) is -5.44. The van der Waals surface area contributed by atoms with Gasteiger partial charge in [0, 0.05) is 17.4 Å². The standard InChI is InChI=1S/C26H21F3N4O4S/c1-14(2)20(23(35)37-24(36)26(27,28)29)32-22(34)17-7-5-15(6-8-17)16-9-11-18(12-10-16)31-25-33-21-19(38-25)4-3-13-30-21/h3-14,20H,1-2H3,(H,32,34)(H,30,31,33)/t20-/m0/s1. The van der Waals surface area contributed by atoms with Crippen LogP contribution in [0.2, 0.25) is 0 Å². The van der Waals surface area contributed by atoms with Gasteiger partial charge in [-0.2, -0.15) is 18.2 Å². The Balaban J connectivity index is 1.40. The molecule has 8 nitrogen and oxygen atoms in total. The average molecular weight is 543 g/mol. The lowest BCUT2D eigenvalue weighted by Crippen LogP contribution is -2.47. The molecule has 4 rings (SSSR count). The number of pyridine rings is 1. The number of nitrogens with one attached hydrogen (secondary N) is 2. The molecular weight excluding hydrogens is 521 g/mol. The fourth-order valence-corrected chi connectivity index (χ4v) is 4.29. The highest BCUT2D eigenvalue weighted by Crippen LogP contribution is 2.28. The van der Waals surface area contributed by atoms with Crippen molar-refractivity contribution in [3.8, 4) is 11.1 Å². The van der Waals surface area contributed by atoms with Crippen LogP contribution in [0, 0.1) is 5.92 Å². The molecule has 0 spiro atoms. The van der Waals surface area contributed by atoms with Gasteiger partial charge in [-0.3, -0.25) is 4.79 Å². The van der Waals surface area contributed by atoms with Crippen LogP contribution < -0.4 is 10.6 Å². The number of nitrogens with zero attached hydrogens (tertiary/aromatic N) is 2. The summed E-state index contributed by atoms with van der Waals surface area (Å²) in [4.78, 5) is 44.4. The van der Waals surface area contributed by atoms with Crippen molar-refractivity contribution in [2.45, 2.75) is 26.1 Å². The molecule has 1 amide bonds. The number of carbonyl (C=O) groups excluding carboxylic acids is 3. The van der Waals surface area contributed by atoms with E-state index >= 15 is 0 Å². The van der Waals surface area contributed by atoms with Gasteiger partial charge in [-0.05, 0) is 53.4 Å². The molecule has 38 heavy (non-hydrogen) atoms. The summed E-state index contributed by atoms with van der Waals surface area (Å²) < 4.78 is 42.1. The van der Waals surface area contributed by atoms with E-state index < -0.39 is 36.0 Å². The van der Waals surface area contributed by atoms with E-state index in [0.717, 1.165) is 21.5 Å². The van der Waals surface area contributed by atoms with Crippen LogP contribution in [0.25, 0.3) is 21.5 Å². The molecule has 0 aliphatic carbocycles. The van der Waals surface area contributed by atoms with Crippen LogP contribution >= 0.6 is 11.3 Å². The molecule has 1 atom stereocenters. The largest absolute Gasteiger partial charge is 0.491 e. The zero-order valence-corrected chi connectivity index (χ0v) is 20.9. The van der Waals surface area contributed by atoms with E-state index in [9.17, 15) is 27.6 Å². The highest BCUT2D eigenvalue weighted by Gasteiger charge is 2.43. The van der Waals surface area contributed by atoms with Crippen LogP contribution in [0.3, 0.4) is 0 Å². The van der Waals surface area contributed by atoms with Crippen LogP contribution in [0.5, 0.6) is 0 Å². The second-order valence-electron chi connectivity index (χ2n) is 8.53. The van der Waals surface area contributed by atoms with E-state index in [1.807, 2.05) is 36.4 Å². The SMILES string of the molecule is CC(C)[C@H](NC(=O)c1ccc(-c2ccc(Nc3nc4ncccc4s3)cc2)cc1)C(=O)OC(=O)C(F)(F)F. The van der Waals surface area contributed by atoms with Crippen molar-refractivity contribution in [1.29, 1.82) is 0 Å². The zero-order valence-electron chi connectivity index (χ0n) is 20.1. The van der Waals surface area contributed by atoms with E-state index in [-0.39, 0.29) is 5.56 Å². The average Bonchev–Trinajstić information content (AvgIpc) is 3.29. The third-order valence-corrected chi connectivity index (χ3v) is 6.34. The molecule has 2 aromatic carbocycles. The van der Waals surface area contributed by atoms with Gasteiger partial charge in [-0.1, -0.05) is 49.4 Å². The fourth-order valence-electron chi connectivity index (χ4n) is 3.44. The highest BCUT2D eigenvalue weighted by molar-refractivity contribution is 7.22. The molecule has 0 aliphatic rings. The van der Waals surface area contributed by atoms with E-state index in [1.165, 1.54) is 37.3 Å². The molecule has 0 bridgehead atoms. The molecule has 4 aromatic rings. The van der Waals surface area contributed by atoms with Gasteiger partial charge >= 0.3 is 18.1 Å². The first-order valence-electron chi connectivity index (χ1n) is 11.3. The molecule has 0 aliphatic heterocycles. The molecule has 12 heteroatoms. The predicted molar refractivity (Wildman–Crippen MR) is 136 cm³/mol. The molecule has 2 heterocycles. The Morgan fingerprint density at radius 3 is 2.16 bits per heavy atom. The molecule has 0 saturated carbocycles. The lowest BCUT2D eigenvalue weighted by molar-refractivity contribution is -0.202. The van der Waals surface area contributed by atoms with Crippen LogP contribution in [-0.2, 0) is 14.3 Å². The summed E-state index contributed by atoms with van der Waals surface area (Å²) >= 11 is 1.49.